The maximum absolute atomic E-state index is 11.2. The van der Waals surface area contributed by atoms with Crippen LogP contribution in [0, 0.1) is 0 Å². The summed E-state index contributed by atoms with van der Waals surface area (Å²) in [7, 11) is 0. The molecule has 0 saturated heterocycles. The summed E-state index contributed by atoms with van der Waals surface area (Å²) in [5, 5.41) is 0.501. The zero-order chi connectivity index (χ0) is 12.1. The Bertz CT molecular complexity index is 379. The van der Waals surface area contributed by atoms with Gasteiger partial charge in [0.05, 0.1) is 11.8 Å². The van der Waals surface area contributed by atoms with E-state index in [4.69, 9.17) is 26.8 Å². The van der Waals surface area contributed by atoms with E-state index in [2.05, 4.69) is 0 Å². The molecule has 5 heteroatoms. The third kappa shape index (κ3) is 3.98. The van der Waals surface area contributed by atoms with Crippen molar-refractivity contribution in [3.05, 3.63) is 23.2 Å². The van der Waals surface area contributed by atoms with Crippen LogP contribution in [0.25, 0.3) is 0 Å². The lowest BCUT2D eigenvalue weighted by molar-refractivity contribution is -0.149. The summed E-state index contributed by atoms with van der Waals surface area (Å²) in [6.45, 7) is 3.36. The molecule has 0 aliphatic rings. The maximum atomic E-state index is 11.2. The predicted molar refractivity (Wildman–Crippen MR) is 62.6 cm³/mol. The Morgan fingerprint density at radius 2 is 2.19 bits per heavy atom. The number of anilines is 1. The molecule has 4 nitrogen and oxygen atoms in total. The molecular formula is C11H14ClNO3. The molecule has 0 spiro atoms. The highest BCUT2D eigenvalue weighted by molar-refractivity contribution is 6.30. The van der Waals surface area contributed by atoms with Gasteiger partial charge >= 0.3 is 5.97 Å². The number of hydrogen-bond donors (Lipinski definition) is 1. The first-order valence-corrected chi connectivity index (χ1v) is 5.24. The van der Waals surface area contributed by atoms with Crippen molar-refractivity contribution in [2.45, 2.75) is 20.0 Å². The molecule has 0 saturated carbocycles. The summed E-state index contributed by atoms with van der Waals surface area (Å²) in [5.41, 5.74) is 6.07. The van der Waals surface area contributed by atoms with Gasteiger partial charge in [0.25, 0.3) is 0 Å². The van der Waals surface area contributed by atoms with Gasteiger partial charge in [0.2, 0.25) is 0 Å². The van der Waals surface area contributed by atoms with Crippen LogP contribution in [0.4, 0.5) is 5.69 Å². The topological polar surface area (TPSA) is 61.5 Å². The van der Waals surface area contributed by atoms with Crippen molar-refractivity contribution in [2.24, 2.45) is 0 Å². The van der Waals surface area contributed by atoms with Crippen molar-refractivity contribution in [1.82, 2.24) is 0 Å². The van der Waals surface area contributed by atoms with Crippen molar-refractivity contribution in [3.8, 4) is 5.75 Å². The molecule has 1 aromatic carbocycles. The molecule has 16 heavy (non-hydrogen) atoms. The van der Waals surface area contributed by atoms with Crippen LogP contribution in [0.5, 0.6) is 5.75 Å². The maximum Gasteiger partial charge on any atom is 0.344 e. The summed E-state index contributed by atoms with van der Waals surface area (Å²) in [6.07, 6.45) is -0.159. The summed E-state index contributed by atoms with van der Waals surface area (Å²) in [5.74, 6) is -0.0532. The van der Waals surface area contributed by atoms with Crippen molar-refractivity contribution in [2.75, 3.05) is 12.3 Å². The molecule has 2 N–H and O–H groups in total. The van der Waals surface area contributed by atoms with E-state index in [1.54, 1.807) is 32.0 Å². The van der Waals surface area contributed by atoms with Crippen LogP contribution in [-0.4, -0.2) is 18.7 Å². The van der Waals surface area contributed by atoms with E-state index in [1.165, 1.54) is 0 Å². The van der Waals surface area contributed by atoms with Gasteiger partial charge in [-0.1, -0.05) is 11.6 Å². The number of halogens is 1. The Labute approximate surface area is 99.3 Å². The highest BCUT2D eigenvalue weighted by atomic mass is 35.5. The van der Waals surface area contributed by atoms with Crippen molar-refractivity contribution in [1.29, 1.82) is 0 Å². The quantitative estimate of drug-likeness (QED) is 0.651. The number of nitrogen functional groups attached to an aromatic ring is 1. The normalized spacial score (nSPS) is 10.2. The van der Waals surface area contributed by atoms with Crippen LogP contribution in [0.15, 0.2) is 18.2 Å². The molecule has 88 valence electrons. The zero-order valence-corrected chi connectivity index (χ0v) is 9.95. The van der Waals surface area contributed by atoms with Gasteiger partial charge in [-0.3, -0.25) is 0 Å². The Morgan fingerprint density at radius 1 is 1.50 bits per heavy atom. The predicted octanol–water partition coefficient (Wildman–Crippen LogP) is 2.25. The standard InChI is InChI=1S/C11H14ClNO3/c1-7(2)16-11(14)6-15-10-5-8(12)3-4-9(10)13/h3-5,7H,6,13H2,1-2H3. The van der Waals surface area contributed by atoms with Gasteiger partial charge in [0.1, 0.15) is 5.75 Å². The Kier molecular flexibility index (Phi) is 4.43. The monoisotopic (exact) mass is 243 g/mol. The number of carbonyl (C=O) groups excluding carboxylic acids is 1. The molecule has 0 unspecified atom stereocenters. The lowest BCUT2D eigenvalue weighted by Crippen LogP contribution is -2.19. The zero-order valence-electron chi connectivity index (χ0n) is 9.20. The summed E-state index contributed by atoms with van der Waals surface area (Å²) in [6, 6.07) is 4.82. The van der Waals surface area contributed by atoms with E-state index >= 15 is 0 Å². The fourth-order valence-corrected chi connectivity index (χ4v) is 1.23. The average Bonchev–Trinajstić information content (AvgIpc) is 2.18. The van der Waals surface area contributed by atoms with Crippen molar-refractivity contribution < 1.29 is 14.3 Å². The lowest BCUT2D eigenvalue weighted by Gasteiger charge is -2.10. The van der Waals surface area contributed by atoms with Crippen LogP contribution in [0.1, 0.15) is 13.8 Å². The molecule has 1 aromatic rings. The molecule has 0 aliphatic heterocycles. The van der Waals surface area contributed by atoms with Gasteiger partial charge in [0, 0.05) is 11.1 Å². The number of ether oxygens (including phenoxy) is 2. The van der Waals surface area contributed by atoms with Gasteiger partial charge < -0.3 is 15.2 Å². The average molecular weight is 244 g/mol. The molecule has 0 fully saturated rings. The fourth-order valence-electron chi connectivity index (χ4n) is 1.07. The third-order valence-corrected chi connectivity index (χ3v) is 1.92. The molecule has 0 aliphatic carbocycles. The van der Waals surface area contributed by atoms with Crippen LogP contribution < -0.4 is 10.5 Å². The summed E-state index contributed by atoms with van der Waals surface area (Å²) < 4.78 is 10.1. The molecule has 0 aromatic heterocycles. The molecular weight excluding hydrogens is 230 g/mol. The van der Waals surface area contributed by atoms with Crippen molar-refractivity contribution >= 4 is 23.3 Å². The van der Waals surface area contributed by atoms with E-state index in [1.807, 2.05) is 0 Å². The minimum Gasteiger partial charge on any atom is -0.480 e. The van der Waals surface area contributed by atoms with Gasteiger partial charge in [-0.15, -0.1) is 0 Å². The summed E-state index contributed by atoms with van der Waals surface area (Å²) >= 11 is 5.76. The Morgan fingerprint density at radius 3 is 2.81 bits per heavy atom. The molecule has 0 bridgehead atoms. The van der Waals surface area contributed by atoms with Crippen LogP contribution in [-0.2, 0) is 9.53 Å². The second kappa shape index (κ2) is 5.61. The SMILES string of the molecule is CC(C)OC(=O)COc1cc(Cl)ccc1N. The largest absolute Gasteiger partial charge is 0.480 e. The number of carbonyl (C=O) groups is 1. The molecule has 0 atom stereocenters. The van der Waals surface area contributed by atoms with Crippen molar-refractivity contribution in [3.63, 3.8) is 0 Å². The van der Waals surface area contributed by atoms with Gasteiger partial charge in [0.15, 0.2) is 6.61 Å². The molecule has 0 radical (unpaired) electrons. The van der Waals surface area contributed by atoms with Crippen LogP contribution >= 0.6 is 11.6 Å². The Hall–Kier alpha value is -1.42. The highest BCUT2D eigenvalue weighted by Crippen LogP contribution is 2.25. The lowest BCUT2D eigenvalue weighted by atomic mass is 10.3. The van der Waals surface area contributed by atoms with E-state index in [0.29, 0.717) is 16.5 Å². The summed E-state index contributed by atoms with van der Waals surface area (Å²) in [4.78, 5) is 11.2. The Balaban J connectivity index is 2.54. The van der Waals surface area contributed by atoms with Crippen LogP contribution in [0.3, 0.4) is 0 Å². The van der Waals surface area contributed by atoms with Crippen LogP contribution in [0.2, 0.25) is 5.02 Å². The highest BCUT2D eigenvalue weighted by Gasteiger charge is 2.08. The minimum absolute atomic E-state index is 0.159. The number of nitrogens with two attached hydrogens (primary N) is 1. The molecule has 1 rings (SSSR count). The first kappa shape index (κ1) is 12.6. The smallest absolute Gasteiger partial charge is 0.344 e. The fraction of sp³-hybridized carbons (Fsp3) is 0.364. The number of rotatable bonds is 4. The van der Waals surface area contributed by atoms with Gasteiger partial charge in [-0.05, 0) is 26.0 Å². The third-order valence-electron chi connectivity index (χ3n) is 1.69. The molecule has 0 heterocycles. The van der Waals surface area contributed by atoms with E-state index in [-0.39, 0.29) is 12.7 Å². The van der Waals surface area contributed by atoms with E-state index in [0.717, 1.165) is 0 Å². The van der Waals surface area contributed by atoms with E-state index < -0.39 is 5.97 Å². The first-order chi connectivity index (χ1) is 7.49. The minimum atomic E-state index is -0.436. The second-order valence-corrected chi connectivity index (χ2v) is 3.95. The second-order valence-electron chi connectivity index (χ2n) is 3.51. The molecule has 0 amide bonds. The number of esters is 1. The van der Waals surface area contributed by atoms with E-state index in [9.17, 15) is 4.79 Å². The van der Waals surface area contributed by atoms with Gasteiger partial charge in [-0.25, -0.2) is 4.79 Å². The number of benzene rings is 1. The number of hydrogen-bond acceptors (Lipinski definition) is 4. The first-order valence-electron chi connectivity index (χ1n) is 4.86. The van der Waals surface area contributed by atoms with Gasteiger partial charge in [-0.2, -0.15) is 0 Å².